The van der Waals surface area contributed by atoms with Gasteiger partial charge in [-0.3, -0.25) is 4.79 Å². The van der Waals surface area contributed by atoms with Crippen molar-refractivity contribution in [1.82, 2.24) is 0 Å². The molecule has 0 atom stereocenters. The lowest BCUT2D eigenvalue weighted by Crippen LogP contribution is -2.19. The zero-order chi connectivity index (χ0) is 12.3. The molecule has 3 heteroatoms. The standard InChI is InChI=1S/C13H19O2Si/c1-13(2,3)11-8-6-7-10(9-14)12(11)15-16(4)5/h6-9H,1-5H3. The lowest BCUT2D eigenvalue weighted by atomic mass is 9.85. The highest BCUT2D eigenvalue weighted by molar-refractivity contribution is 6.49. The van der Waals surface area contributed by atoms with Crippen LogP contribution in [0, 0.1) is 0 Å². The fourth-order valence-corrected chi connectivity index (χ4v) is 2.19. The number of carbonyl (C=O) groups excluding carboxylic acids is 1. The molecule has 0 bridgehead atoms. The minimum Gasteiger partial charge on any atom is -0.542 e. The Balaban J connectivity index is 3.31. The number of carbonyl (C=O) groups is 1. The van der Waals surface area contributed by atoms with E-state index in [-0.39, 0.29) is 5.41 Å². The van der Waals surface area contributed by atoms with Crippen molar-refractivity contribution in [2.45, 2.75) is 39.3 Å². The maximum Gasteiger partial charge on any atom is 0.274 e. The Morgan fingerprint density at radius 2 is 1.88 bits per heavy atom. The minimum absolute atomic E-state index is 0.00826. The van der Waals surface area contributed by atoms with Crippen LogP contribution in [-0.2, 0) is 5.41 Å². The van der Waals surface area contributed by atoms with Gasteiger partial charge in [0, 0.05) is 0 Å². The number of benzene rings is 1. The molecule has 16 heavy (non-hydrogen) atoms. The summed E-state index contributed by atoms with van der Waals surface area (Å²) in [5, 5.41) is 0. The smallest absolute Gasteiger partial charge is 0.274 e. The van der Waals surface area contributed by atoms with E-state index in [4.69, 9.17) is 4.43 Å². The molecule has 0 saturated carbocycles. The van der Waals surface area contributed by atoms with Crippen LogP contribution in [0.4, 0.5) is 0 Å². The van der Waals surface area contributed by atoms with Gasteiger partial charge < -0.3 is 4.43 Å². The summed E-state index contributed by atoms with van der Waals surface area (Å²) in [7, 11) is -0.859. The highest BCUT2D eigenvalue weighted by atomic mass is 28.3. The van der Waals surface area contributed by atoms with E-state index in [2.05, 4.69) is 33.9 Å². The van der Waals surface area contributed by atoms with Gasteiger partial charge in [0.05, 0.1) is 5.56 Å². The first-order valence-electron chi connectivity index (χ1n) is 5.43. The zero-order valence-electron chi connectivity index (χ0n) is 10.6. The summed E-state index contributed by atoms with van der Waals surface area (Å²) in [4.78, 5) is 11.0. The minimum atomic E-state index is -0.859. The first-order valence-corrected chi connectivity index (χ1v) is 7.83. The van der Waals surface area contributed by atoms with Gasteiger partial charge in [0.1, 0.15) is 5.75 Å². The van der Waals surface area contributed by atoms with Crippen molar-refractivity contribution in [3.63, 3.8) is 0 Å². The molecule has 1 aromatic carbocycles. The predicted molar refractivity (Wildman–Crippen MR) is 68.6 cm³/mol. The highest BCUT2D eigenvalue weighted by Gasteiger charge is 2.21. The van der Waals surface area contributed by atoms with E-state index in [1.165, 1.54) is 0 Å². The molecule has 0 heterocycles. The molecule has 87 valence electrons. The van der Waals surface area contributed by atoms with Gasteiger partial charge in [0.25, 0.3) is 9.04 Å². The van der Waals surface area contributed by atoms with Crippen LogP contribution in [-0.4, -0.2) is 15.3 Å². The second kappa shape index (κ2) is 4.83. The molecule has 0 spiro atoms. The first kappa shape index (κ1) is 13.0. The van der Waals surface area contributed by atoms with Crippen molar-refractivity contribution in [3.8, 4) is 5.75 Å². The highest BCUT2D eigenvalue weighted by Crippen LogP contribution is 2.33. The SMILES string of the molecule is C[Si](C)Oc1c(C=O)cccc1C(C)(C)C. The van der Waals surface area contributed by atoms with Crippen LogP contribution in [0.15, 0.2) is 18.2 Å². The number of hydrogen-bond acceptors (Lipinski definition) is 2. The van der Waals surface area contributed by atoms with E-state index in [9.17, 15) is 4.79 Å². The topological polar surface area (TPSA) is 26.3 Å². The van der Waals surface area contributed by atoms with Gasteiger partial charge in [-0.25, -0.2) is 0 Å². The lowest BCUT2D eigenvalue weighted by molar-refractivity contribution is 0.112. The zero-order valence-corrected chi connectivity index (χ0v) is 11.6. The molecule has 0 unspecified atom stereocenters. The number of rotatable bonds is 3. The molecule has 1 radical (unpaired) electrons. The predicted octanol–water partition coefficient (Wildman–Crippen LogP) is 3.43. The molecule has 1 rings (SSSR count). The van der Waals surface area contributed by atoms with Gasteiger partial charge >= 0.3 is 0 Å². The fraction of sp³-hybridized carbons (Fsp3) is 0.462. The van der Waals surface area contributed by atoms with Crippen LogP contribution in [0.1, 0.15) is 36.7 Å². The molecule has 0 N–H and O–H groups in total. The van der Waals surface area contributed by atoms with E-state index >= 15 is 0 Å². The largest absolute Gasteiger partial charge is 0.542 e. The van der Waals surface area contributed by atoms with Gasteiger partial charge in [0.2, 0.25) is 0 Å². The van der Waals surface area contributed by atoms with Crippen molar-refractivity contribution in [2.75, 3.05) is 0 Å². The van der Waals surface area contributed by atoms with Gasteiger partial charge in [-0.15, -0.1) is 0 Å². The Labute approximate surface area is 99.4 Å². The van der Waals surface area contributed by atoms with Crippen LogP contribution >= 0.6 is 0 Å². The number of hydrogen-bond donors (Lipinski definition) is 0. The van der Waals surface area contributed by atoms with Crippen molar-refractivity contribution in [1.29, 1.82) is 0 Å². The summed E-state index contributed by atoms with van der Waals surface area (Å²) in [6, 6.07) is 5.75. The Morgan fingerprint density at radius 3 is 2.31 bits per heavy atom. The third-order valence-corrected chi connectivity index (χ3v) is 2.90. The molecule has 0 fully saturated rings. The lowest BCUT2D eigenvalue weighted by Gasteiger charge is -2.24. The molecule has 0 aliphatic carbocycles. The number of para-hydroxylation sites is 1. The summed E-state index contributed by atoms with van der Waals surface area (Å²) >= 11 is 0. The average molecular weight is 235 g/mol. The first-order chi connectivity index (χ1) is 7.36. The van der Waals surface area contributed by atoms with Gasteiger partial charge in [-0.2, -0.15) is 0 Å². The normalized spacial score (nSPS) is 11.6. The molecule has 2 nitrogen and oxygen atoms in total. The van der Waals surface area contributed by atoms with E-state index in [0.717, 1.165) is 17.6 Å². The van der Waals surface area contributed by atoms with E-state index in [1.807, 2.05) is 18.2 Å². The maximum absolute atomic E-state index is 11.0. The molecule has 0 saturated heterocycles. The van der Waals surface area contributed by atoms with Crippen LogP contribution < -0.4 is 4.43 Å². The third kappa shape index (κ3) is 2.95. The van der Waals surface area contributed by atoms with Crippen molar-refractivity contribution in [3.05, 3.63) is 29.3 Å². The Kier molecular flexibility index (Phi) is 3.91. The summed E-state index contributed by atoms with van der Waals surface area (Å²) in [5.41, 5.74) is 1.74. The summed E-state index contributed by atoms with van der Waals surface area (Å²) in [6.07, 6.45) is 0.870. The Hall–Kier alpha value is -1.09. The third-order valence-electron chi connectivity index (χ3n) is 2.29. The Morgan fingerprint density at radius 1 is 1.25 bits per heavy atom. The average Bonchev–Trinajstić information content (AvgIpc) is 2.15. The number of aldehydes is 1. The second-order valence-electron chi connectivity index (χ2n) is 5.10. The fourth-order valence-electron chi connectivity index (χ4n) is 1.56. The molecule has 0 aliphatic heterocycles. The summed E-state index contributed by atoms with van der Waals surface area (Å²) in [5.74, 6) is 0.767. The molecule has 1 aromatic rings. The van der Waals surface area contributed by atoms with E-state index in [1.54, 1.807) is 0 Å². The van der Waals surface area contributed by atoms with Crippen molar-refractivity contribution < 1.29 is 9.22 Å². The maximum atomic E-state index is 11.0. The molecular formula is C13H19O2Si. The van der Waals surface area contributed by atoms with Crippen LogP contribution in [0.2, 0.25) is 13.1 Å². The summed E-state index contributed by atoms with van der Waals surface area (Å²) in [6.45, 7) is 10.5. The van der Waals surface area contributed by atoms with Gasteiger partial charge in [-0.05, 0) is 30.1 Å². The Bertz CT molecular complexity index is 378. The van der Waals surface area contributed by atoms with Crippen molar-refractivity contribution in [2.24, 2.45) is 0 Å². The van der Waals surface area contributed by atoms with Crippen LogP contribution in [0.5, 0.6) is 5.75 Å². The van der Waals surface area contributed by atoms with Gasteiger partial charge in [0.15, 0.2) is 6.29 Å². The van der Waals surface area contributed by atoms with Crippen LogP contribution in [0.3, 0.4) is 0 Å². The molecular weight excluding hydrogens is 216 g/mol. The molecule has 0 aromatic heterocycles. The van der Waals surface area contributed by atoms with Gasteiger partial charge in [-0.1, -0.05) is 32.9 Å². The second-order valence-corrected chi connectivity index (χ2v) is 7.12. The molecule has 0 amide bonds. The monoisotopic (exact) mass is 235 g/mol. The summed E-state index contributed by atoms with van der Waals surface area (Å²) < 4.78 is 5.86. The van der Waals surface area contributed by atoms with E-state index in [0.29, 0.717) is 5.56 Å². The van der Waals surface area contributed by atoms with Crippen LogP contribution in [0.25, 0.3) is 0 Å². The molecule has 0 aliphatic rings. The van der Waals surface area contributed by atoms with E-state index < -0.39 is 9.04 Å². The van der Waals surface area contributed by atoms with Crippen molar-refractivity contribution >= 4 is 15.3 Å². The quantitative estimate of drug-likeness (QED) is 0.592.